The van der Waals surface area contributed by atoms with Crippen molar-refractivity contribution in [3.8, 4) is 5.75 Å². The van der Waals surface area contributed by atoms with E-state index in [9.17, 15) is 8.42 Å². The molecule has 0 spiro atoms. The van der Waals surface area contributed by atoms with Crippen LogP contribution in [-0.2, 0) is 14.8 Å². The summed E-state index contributed by atoms with van der Waals surface area (Å²) in [6.07, 6.45) is 1.72. The largest absolute Gasteiger partial charge is 0.495 e. The molecule has 8 heteroatoms. The van der Waals surface area contributed by atoms with E-state index in [0.717, 1.165) is 12.8 Å². The third-order valence-electron chi connectivity index (χ3n) is 3.75. The zero-order valence-electron chi connectivity index (χ0n) is 12.5. The Labute approximate surface area is 141 Å². The van der Waals surface area contributed by atoms with E-state index in [1.54, 1.807) is 7.05 Å². The van der Waals surface area contributed by atoms with E-state index in [-0.39, 0.29) is 14.9 Å². The average Bonchev–Trinajstić information content (AvgIpc) is 2.50. The summed E-state index contributed by atoms with van der Waals surface area (Å²) >= 11 is 12.1. The smallest absolute Gasteiger partial charge is 0.244 e. The van der Waals surface area contributed by atoms with Crippen LogP contribution in [0.5, 0.6) is 5.75 Å². The number of rotatable bonds is 5. The number of benzene rings is 1. The summed E-state index contributed by atoms with van der Waals surface area (Å²) in [7, 11) is -0.694. The number of ether oxygens (including phenoxy) is 2. The summed E-state index contributed by atoms with van der Waals surface area (Å²) in [6, 6.07) is 2.75. The molecule has 22 heavy (non-hydrogen) atoms. The van der Waals surface area contributed by atoms with E-state index in [1.165, 1.54) is 23.5 Å². The van der Waals surface area contributed by atoms with Gasteiger partial charge in [-0.05, 0) is 24.8 Å². The normalized spacial score (nSPS) is 17.0. The molecule has 5 nitrogen and oxygen atoms in total. The van der Waals surface area contributed by atoms with Gasteiger partial charge in [-0.3, -0.25) is 0 Å². The van der Waals surface area contributed by atoms with Crippen molar-refractivity contribution < 1.29 is 17.9 Å². The molecule has 1 aliphatic rings. The number of sulfonamides is 1. The molecule has 1 aromatic rings. The predicted molar refractivity (Wildman–Crippen MR) is 86.4 cm³/mol. The van der Waals surface area contributed by atoms with Crippen LogP contribution in [0.3, 0.4) is 0 Å². The highest BCUT2D eigenvalue weighted by Gasteiger charge is 2.28. The first-order chi connectivity index (χ1) is 10.4. The highest BCUT2D eigenvalue weighted by molar-refractivity contribution is 7.89. The number of methoxy groups -OCH3 is 1. The van der Waals surface area contributed by atoms with Crippen LogP contribution in [0.4, 0.5) is 0 Å². The molecule has 0 saturated carbocycles. The summed E-state index contributed by atoms with van der Waals surface area (Å²) < 4.78 is 37.0. The maximum absolute atomic E-state index is 12.7. The van der Waals surface area contributed by atoms with Crippen LogP contribution in [0, 0.1) is 5.92 Å². The number of nitrogens with zero attached hydrogens (tertiary/aromatic N) is 1. The molecule has 0 amide bonds. The lowest BCUT2D eigenvalue weighted by Crippen LogP contribution is -2.34. The zero-order chi connectivity index (χ0) is 16.3. The van der Waals surface area contributed by atoms with Gasteiger partial charge in [-0.25, -0.2) is 12.7 Å². The second-order valence-corrected chi connectivity index (χ2v) is 8.09. The first-order valence-corrected chi connectivity index (χ1v) is 9.13. The monoisotopic (exact) mass is 367 g/mol. The number of hydrogen-bond acceptors (Lipinski definition) is 4. The van der Waals surface area contributed by atoms with Crippen LogP contribution in [0.1, 0.15) is 12.8 Å². The van der Waals surface area contributed by atoms with Gasteiger partial charge in [0.25, 0.3) is 0 Å². The average molecular weight is 368 g/mol. The van der Waals surface area contributed by atoms with Gasteiger partial charge in [0.05, 0.1) is 17.2 Å². The lowest BCUT2D eigenvalue weighted by Gasteiger charge is -2.27. The fourth-order valence-corrected chi connectivity index (χ4v) is 4.49. The molecule has 0 unspecified atom stereocenters. The summed E-state index contributed by atoms with van der Waals surface area (Å²) in [4.78, 5) is -0.00507. The van der Waals surface area contributed by atoms with Crippen molar-refractivity contribution in [2.45, 2.75) is 17.7 Å². The topological polar surface area (TPSA) is 55.8 Å². The van der Waals surface area contributed by atoms with Crippen LogP contribution in [0.25, 0.3) is 0 Å². The van der Waals surface area contributed by atoms with Gasteiger partial charge in [-0.1, -0.05) is 23.2 Å². The first-order valence-electron chi connectivity index (χ1n) is 6.93. The molecule has 0 bridgehead atoms. The van der Waals surface area contributed by atoms with Crippen LogP contribution < -0.4 is 4.74 Å². The molecule has 1 heterocycles. The van der Waals surface area contributed by atoms with E-state index in [0.29, 0.717) is 31.4 Å². The van der Waals surface area contributed by atoms with Crippen molar-refractivity contribution in [1.82, 2.24) is 4.31 Å². The Morgan fingerprint density at radius 1 is 1.27 bits per heavy atom. The predicted octanol–water partition coefficient (Wildman–Crippen LogP) is 3.05. The van der Waals surface area contributed by atoms with E-state index >= 15 is 0 Å². The molecule has 0 aromatic heterocycles. The second kappa shape index (κ2) is 7.36. The van der Waals surface area contributed by atoms with E-state index < -0.39 is 10.0 Å². The minimum Gasteiger partial charge on any atom is -0.495 e. The Morgan fingerprint density at radius 2 is 1.91 bits per heavy atom. The Hall–Kier alpha value is -0.530. The molecule has 0 atom stereocenters. The van der Waals surface area contributed by atoms with Crippen molar-refractivity contribution in [2.75, 3.05) is 33.9 Å². The molecular formula is C14H19Cl2NO4S. The molecule has 0 aliphatic carbocycles. The molecular weight excluding hydrogens is 349 g/mol. The summed E-state index contributed by atoms with van der Waals surface area (Å²) in [5.41, 5.74) is 0. The minimum atomic E-state index is -3.70. The van der Waals surface area contributed by atoms with Gasteiger partial charge in [-0.15, -0.1) is 0 Å². The van der Waals surface area contributed by atoms with E-state index in [4.69, 9.17) is 32.7 Å². The Bertz CT molecular complexity index is 630. The molecule has 0 radical (unpaired) electrons. The molecule has 0 N–H and O–H groups in total. The highest BCUT2D eigenvalue weighted by atomic mass is 35.5. The minimum absolute atomic E-state index is 0.00507. The lowest BCUT2D eigenvalue weighted by molar-refractivity contribution is 0.0620. The zero-order valence-corrected chi connectivity index (χ0v) is 14.8. The summed E-state index contributed by atoms with van der Waals surface area (Å²) in [5, 5.41) is 0.310. The Morgan fingerprint density at radius 3 is 2.50 bits per heavy atom. The standard InChI is InChI=1S/C14H19Cl2NO4S/c1-17(9-10-3-5-21-6-4-10)22(18,19)14-8-11(15)13(20-2)7-12(14)16/h7-8,10H,3-6,9H2,1-2H3. The van der Waals surface area contributed by atoms with Gasteiger partial charge in [0, 0.05) is 32.9 Å². The first kappa shape index (κ1) is 17.8. The maximum atomic E-state index is 12.7. The van der Waals surface area contributed by atoms with Crippen LogP contribution in [-0.4, -0.2) is 46.6 Å². The van der Waals surface area contributed by atoms with Crippen molar-refractivity contribution in [3.05, 3.63) is 22.2 Å². The summed E-state index contributed by atoms with van der Waals surface area (Å²) in [6.45, 7) is 1.78. The van der Waals surface area contributed by atoms with Crippen molar-refractivity contribution in [1.29, 1.82) is 0 Å². The van der Waals surface area contributed by atoms with Gasteiger partial charge in [0.1, 0.15) is 10.6 Å². The van der Waals surface area contributed by atoms with Gasteiger partial charge in [0.2, 0.25) is 10.0 Å². The molecule has 124 valence electrons. The van der Waals surface area contributed by atoms with Crippen molar-refractivity contribution >= 4 is 33.2 Å². The SMILES string of the molecule is COc1cc(Cl)c(S(=O)(=O)N(C)CC2CCOCC2)cc1Cl. The highest BCUT2D eigenvalue weighted by Crippen LogP contribution is 2.34. The van der Waals surface area contributed by atoms with Crippen molar-refractivity contribution in [3.63, 3.8) is 0 Å². The van der Waals surface area contributed by atoms with E-state index in [2.05, 4.69) is 0 Å². The van der Waals surface area contributed by atoms with Crippen molar-refractivity contribution in [2.24, 2.45) is 5.92 Å². The molecule has 1 aromatic carbocycles. The van der Waals surface area contributed by atoms with Crippen LogP contribution in [0.2, 0.25) is 10.0 Å². The summed E-state index contributed by atoms with van der Waals surface area (Å²) in [5.74, 6) is 0.638. The Balaban J connectivity index is 2.23. The molecule has 1 fully saturated rings. The second-order valence-electron chi connectivity index (χ2n) is 5.26. The lowest BCUT2D eigenvalue weighted by atomic mass is 10.0. The number of halogens is 2. The third kappa shape index (κ3) is 3.86. The Kier molecular flexibility index (Phi) is 5.96. The fraction of sp³-hybridized carbons (Fsp3) is 0.571. The van der Waals surface area contributed by atoms with Gasteiger partial charge in [-0.2, -0.15) is 0 Å². The van der Waals surface area contributed by atoms with Gasteiger partial charge < -0.3 is 9.47 Å². The fourth-order valence-electron chi connectivity index (χ4n) is 2.42. The quantitative estimate of drug-likeness (QED) is 0.802. The van der Waals surface area contributed by atoms with Crippen LogP contribution in [0.15, 0.2) is 17.0 Å². The third-order valence-corrected chi connectivity index (χ3v) is 6.33. The van der Waals surface area contributed by atoms with E-state index in [1.807, 2.05) is 0 Å². The van der Waals surface area contributed by atoms with Crippen LogP contribution >= 0.6 is 23.2 Å². The molecule has 2 rings (SSSR count). The number of hydrogen-bond donors (Lipinski definition) is 0. The van der Waals surface area contributed by atoms with Gasteiger partial charge >= 0.3 is 0 Å². The maximum Gasteiger partial charge on any atom is 0.244 e. The van der Waals surface area contributed by atoms with Gasteiger partial charge in [0.15, 0.2) is 0 Å². The molecule has 1 saturated heterocycles. The molecule has 1 aliphatic heterocycles.